The van der Waals surface area contributed by atoms with Gasteiger partial charge in [-0.15, -0.1) is 0 Å². The van der Waals surface area contributed by atoms with E-state index in [0.29, 0.717) is 12.1 Å². The van der Waals surface area contributed by atoms with Crippen LogP contribution in [-0.2, 0) is 35.3 Å². The van der Waals surface area contributed by atoms with E-state index in [9.17, 15) is 28.8 Å². The monoisotopic (exact) mass is 515 g/mol. The van der Waals surface area contributed by atoms with Crippen molar-refractivity contribution in [2.45, 2.75) is 31.9 Å². The molecule has 1 atom stereocenters. The molecular formula is C23H29N7O7. The predicted octanol–water partition coefficient (Wildman–Crippen LogP) is -0.887. The molecule has 0 spiro atoms. The first kappa shape index (κ1) is 28.5. The number of urea groups is 1. The van der Waals surface area contributed by atoms with Crippen LogP contribution in [0.25, 0.3) is 0 Å². The number of carbonyl (C=O) groups is 6. The lowest BCUT2D eigenvalue weighted by Crippen LogP contribution is -2.49. The molecule has 198 valence electrons. The van der Waals surface area contributed by atoms with Crippen LogP contribution in [0.3, 0.4) is 0 Å². The summed E-state index contributed by atoms with van der Waals surface area (Å²) >= 11 is 0. The number of rotatable bonds is 15. The van der Waals surface area contributed by atoms with Crippen LogP contribution in [0.2, 0.25) is 0 Å². The van der Waals surface area contributed by atoms with Gasteiger partial charge in [0.15, 0.2) is 6.40 Å². The Kier molecular flexibility index (Phi) is 11.2. The fourth-order valence-corrected chi connectivity index (χ4v) is 3.24. The highest BCUT2D eigenvalue weighted by atomic mass is 16.5. The molecular weight excluding hydrogens is 486 g/mol. The summed E-state index contributed by atoms with van der Waals surface area (Å²) in [6, 6.07) is 4.94. The van der Waals surface area contributed by atoms with Crippen LogP contribution in [0.5, 0.6) is 0 Å². The summed E-state index contributed by atoms with van der Waals surface area (Å²) in [6.45, 7) is -0.134. The number of benzene rings is 1. The van der Waals surface area contributed by atoms with Gasteiger partial charge in [-0.1, -0.05) is 12.1 Å². The zero-order valence-electron chi connectivity index (χ0n) is 20.0. The second-order valence-corrected chi connectivity index (χ2v) is 7.86. The molecule has 0 aromatic heterocycles. The van der Waals surface area contributed by atoms with E-state index < -0.39 is 41.6 Å². The maximum atomic E-state index is 12.7. The number of imide groups is 1. The van der Waals surface area contributed by atoms with Crippen LogP contribution in [0.4, 0.5) is 10.5 Å². The summed E-state index contributed by atoms with van der Waals surface area (Å²) in [5.74, 6) is -2.76. The van der Waals surface area contributed by atoms with E-state index in [1.807, 2.05) is 0 Å². The summed E-state index contributed by atoms with van der Waals surface area (Å²) in [4.78, 5) is 72.3. The minimum atomic E-state index is -1.04. The van der Waals surface area contributed by atoms with Crippen molar-refractivity contribution in [3.05, 3.63) is 42.0 Å². The predicted molar refractivity (Wildman–Crippen MR) is 131 cm³/mol. The van der Waals surface area contributed by atoms with Crippen molar-refractivity contribution in [1.29, 1.82) is 5.41 Å². The Labute approximate surface area is 212 Å². The minimum Gasteiger partial charge on any atom is -0.479 e. The molecule has 37 heavy (non-hydrogen) atoms. The number of carbonyl (C=O) groups excluding carboxylic acids is 6. The number of hydrogen-bond donors (Lipinski definition) is 6. The third-order valence-corrected chi connectivity index (χ3v) is 5.08. The fourth-order valence-electron chi connectivity index (χ4n) is 3.24. The minimum absolute atomic E-state index is 0.127. The smallest absolute Gasteiger partial charge is 0.312 e. The molecule has 1 aromatic rings. The number of primary amides is 1. The molecule has 1 aliphatic heterocycles. The van der Waals surface area contributed by atoms with Crippen molar-refractivity contribution in [2.24, 2.45) is 5.73 Å². The van der Waals surface area contributed by atoms with Gasteiger partial charge in [-0.05, 0) is 30.5 Å². The molecule has 0 saturated heterocycles. The van der Waals surface area contributed by atoms with E-state index in [-0.39, 0.29) is 39.1 Å². The standard InChI is InChI=1S/C23H29N7O7/c24-14-37-13-15-3-5-16(6-4-15)28-19(32)12-27-22(35)17(2-1-10-26-23(25)36)29-18(31)9-11-30-20(33)7-8-21(30)34/h3-8,14,17,24H,1-2,9-13H2,(H,27,35)(H,28,32)(H,29,31)(H3,25,26,36). The number of nitrogens with one attached hydrogen (secondary N) is 5. The Morgan fingerprint density at radius 2 is 1.70 bits per heavy atom. The Hall–Kier alpha value is -4.75. The first-order valence-electron chi connectivity index (χ1n) is 11.3. The summed E-state index contributed by atoms with van der Waals surface area (Å²) < 4.78 is 4.87. The highest BCUT2D eigenvalue weighted by Gasteiger charge is 2.25. The van der Waals surface area contributed by atoms with Crippen LogP contribution in [0.1, 0.15) is 24.8 Å². The van der Waals surface area contributed by atoms with E-state index in [0.717, 1.165) is 29.0 Å². The number of amides is 7. The van der Waals surface area contributed by atoms with Crippen molar-refractivity contribution < 1.29 is 33.5 Å². The summed E-state index contributed by atoms with van der Waals surface area (Å²) in [6.07, 6.45) is 3.25. The van der Waals surface area contributed by atoms with Gasteiger partial charge in [-0.3, -0.25) is 34.3 Å². The third kappa shape index (κ3) is 10.2. The summed E-state index contributed by atoms with van der Waals surface area (Å²) in [7, 11) is 0. The first-order valence-corrected chi connectivity index (χ1v) is 11.3. The van der Waals surface area contributed by atoms with Crippen LogP contribution in [-0.4, -0.2) is 72.5 Å². The molecule has 7 amide bonds. The molecule has 0 saturated carbocycles. The maximum absolute atomic E-state index is 12.7. The van der Waals surface area contributed by atoms with Gasteiger partial charge in [-0.25, -0.2) is 4.79 Å². The van der Waals surface area contributed by atoms with Crippen LogP contribution in [0.15, 0.2) is 36.4 Å². The number of anilines is 1. The van der Waals surface area contributed by atoms with Crippen LogP contribution >= 0.6 is 0 Å². The molecule has 2 rings (SSSR count). The van der Waals surface area contributed by atoms with Gasteiger partial charge in [0.1, 0.15) is 12.6 Å². The summed E-state index contributed by atoms with van der Waals surface area (Å²) in [5, 5.41) is 16.8. The second-order valence-electron chi connectivity index (χ2n) is 7.86. The van der Waals surface area contributed by atoms with Crippen molar-refractivity contribution >= 4 is 47.7 Å². The maximum Gasteiger partial charge on any atom is 0.312 e. The zero-order chi connectivity index (χ0) is 27.2. The van der Waals surface area contributed by atoms with Crippen molar-refractivity contribution in [3.8, 4) is 0 Å². The topological polar surface area (TPSA) is 213 Å². The number of nitrogens with two attached hydrogens (primary N) is 1. The van der Waals surface area contributed by atoms with Gasteiger partial charge < -0.3 is 31.7 Å². The summed E-state index contributed by atoms with van der Waals surface area (Å²) in [5.41, 5.74) is 6.31. The first-order chi connectivity index (χ1) is 17.7. The van der Waals surface area contributed by atoms with Gasteiger partial charge >= 0.3 is 6.03 Å². The number of nitrogens with zero attached hydrogens (tertiary/aromatic N) is 1. The third-order valence-electron chi connectivity index (χ3n) is 5.08. The lowest BCUT2D eigenvalue weighted by Gasteiger charge is -2.19. The quantitative estimate of drug-likeness (QED) is 0.0749. The lowest BCUT2D eigenvalue weighted by atomic mass is 10.1. The highest BCUT2D eigenvalue weighted by molar-refractivity contribution is 6.13. The molecule has 7 N–H and O–H groups in total. The molecule has 0 aliphatic carbocycles. The van der Waals surface area contributed by atoms with Crippen LogP contribution < -0.4 is 27.0 Å². The van der Waals surface area contributed by atoms with Crippen molar-refractivity contribution in [2.75, 3.05) is 25.0 Å². The Morgan fingerprint density at radius 3 is 2.32 bits per heavy atom. The zero-order valence-corrected chi connectivity index (χ0v) is 20.0. The molecule has 1 aliphatic rings. The van der Waals surface area contributed by atoms with Gasteiger partial charge in [0.25, 0.3) is 11.8 Å². The largest absolute Gasteiger partial charge is 0.479 e. The Balaban J connectivity index is 1.86. The second kappa shape index (κ2) is 14.6. The lowest BCUT2D eigenvalue weighted by molar-refractivity contribution is -0.137. The van der Waals surface area contributed by atoms with Gasteiger partial charge in [0.2, 0.25) is 17.7 Å². The van der Waals surface area contributed by atoms with E-state index in [4.69, 9.17) is 15.9 Å². The van der Waals surface area contributed by atoms with E-state index in [1.165, 1.54) is 0 Å². The van der Waals surface area contributed by atoms with Crippen molar-refractivity contribution in [1.82, 2.24) is 20.9 Å². The molecule has 0 fully saturated rings. The van der Waals surface area contributed by atoms with Crippen molar-refractivity contribution in [3.63, 3.8) is 0 Å². The average molecular weight is 516 g/mol. The Morgan fingerprint density at radius 1 is 1.03 bits per heavy atom. The normalized spacial score (nSPS) is 13.0. The van der Waals surface area contributed by atoms with Crippen LogP contribution in [0, 0.1) is 5.41 Å². The molecule has 14 nitrogen and oxygen atoms in total. The van der Waals surface area contributed by atoms with Gasteiger partial charge in [-0.2, -0.15) is 0 Å². The number of hydrogen-bond acceptors (Lipinski definition) is 8. The molecule has 0 radical (unpaired) electrons. The van der Waals surface area contributed by atoms with E-state index in [1.54, 1.807) is 24.3 Å². The molecule has 0 bridgehead atoms. The van der Waals surface area contributed by atoms with E-state index in [2.05, 4.69) is 21.3 Å². The SMILES string of the molecule is N=COCc1ccc(NC(=O)CNC(=O)C(CCCNC(N)=O)NC(=O)CCN2C(=O)C=CC2=O)cc1. The average Bonchev–Trinajstić information content (AvgIpc) is 3.19. The Bertz CT molecular complexity index is 1040. The number of ether oxygens (including phenoxy) is 1. The van der Waals surface area contributed by atoms with Gasteiger partial charge in [0, 0.05) is 37.3 Å². The molecule has 1 unspecified atom stereocenters. The molecule has 14 heteroatoms. The van der Waals surface area contributed by atoms with Gasteiger partial charge in [0.05, 0.1) is 6.54 Å². The molecule has 1 aromatic carbocycles. The van der Waals surface area contributed by atoms with E-state index >= 15 is 0 Å². The fraction of sp³-hybridized carbons (Fsp3) is 0.348. The molecule has 1 heterocycles. The highest BCUT2D eigenvalue weighted by Crippen LogP contribution is 2.10.